The van der Waals surface area contributed by atoms with Gasteiger partial charge in [0.05, 0.1) is 16.3 Å². The second kappa shape index (κ2) is 8.36. The summed E-state index contributed by atoms with van der Waals surface area (Å²) in [5.74, 6) is 0.0688. The average molecular weight is 415 g/mol. The molecule has 0 amide bonds. The third kappa shape index (κ3) is 4.75. The number of halogens is 2. The van der Waals surface area contributed by atoms with Crippen molar-refractivity contribution in [3.05, 3.63) is 68.5 Å². The molecule has 0 bridgehead atoms. The van der Waals surface area contributed by atoms with E-state index < -0.39 is 0 Å². The summed E-state index contributed by atoms with van der Waals surface area (Å²) in [4.78, 5) is 15.5. The smallest absolute Gasteiger partial charge is 0.308 e. The Morgan fingerprint density at radius 2 is 1.96 bits per heavy atom. The second-order valence-electron chi connectivity index (χ2n) is 5.49. The van der Waals surface area contributed by atoms with Gasteiger partial charge in [0.2, 0.25) is 0 Å². The molecule has 3 aromatic rings. The fourth-order valence-corrected chi connectivity index (χ4v) is 3.62. The van der Waals surface area contributed by atoms with Gasteiger partial charge in [0.1, 0.15) is 16.8 Å². The number of aromatic nitrogens is 1. The molecule has 0 saturated heterocycles. The SMILES string of the molecule is CC(=O)Oc1ccc(C=C(C#N)c2nc(-c3ccc(Cl)cc3Cl)cs2)cc1. The van der Waals surface area contributed by atoms with Crippen molar-refractivity contribution in [3.63, 3.8) is 0 Å². The number of hydrogen-bond acceptors (Lipinski definition) is 5. The number of carbonyl (C=O) groups excluding carboxylic acids is 1. The first kappa shape index (κ1) is 19.1. The molecule has 0 fully saturated rings. The minimum atomic E-state index is -0.382. The zero-order valence-electron chi connectivity index (χ0n) is 14.1. The van der Waals surface area contributed by atoms with Crippen LogP contribution in [-0.4, -0.2) is 11.0 Å². The number of benzene rings is 2. The van der Waals surface area contributed by atoms with E-state index in [1.54, 1.807) is 48.5 Å². The van der Waals surface area contributed by atoms with Crippen LogP contribution in [0.5, 0.6) is 5.75 Å². The van der Waals surface area contributed by atoms with Crippen molar-refractivity contribution in [3.8, 4) is 23.1 Å². The van der Waals surface area contributed by atoms with E-state index >= 15 is 0 Å². The van der Waals surface area contributed by atoms with E-state index in [1.165, 1.54) is 18.3 Å². The molecule has 0 aliphatic rings. The van der Waals surface area contributed by atoms with Gasteiger partial charge in [-0.2, -0.15) is 5.26 Å². The molecule has 0 aliphatic heterocycles. The number of carbonyl (C=O) groups is 1. The first-order valence-electron chi connectivity index (χ1n) is 7.78. The van der Waals surface area contributed by atoms with Gasteiger partial charge in [0, 0.05) is 22.9 Å². The maximum absolute atomic E-state index is 11.0. The van der Waals surface area contributed by atoms with E-state index in [1.807, 2.05) is 5.38 Å². The Hall–Kier alpha value is -2.65. The molecule has 134 valence electrons. The molecule has 7 heteroatoms. The first-order valence-corrected chi connectivity index (χ1v) is 9.41. The molecule has 2 aromatic carbocycles. The Labute approximate surface area is 170 Å². The van der Waals surface area contributed by atoms with Crippen molar-refractivity contribution in [1.29, 1.82) is 5.26 Å². The van der Waals surface area contributed by atoms with Crippen molar-refractivity contribution in [2.75, 3.05) is 0 Å². The number of rotatable bonds is 4. The molecule has 0 spiro atoms. The van der Waals surface area contributed by atoms with Gasteiger partial charge < -0.3 is 4.74 Å². The third-order valence-corrected chi connectivity index (χ3v) is 4.94. The zero-order chi connectivity index (χ0) is 19.4. The van der Waals surface area contributed by atoms with E-state index in [-0.39, 0.29) is 5.97 Å². The summed E-state index contributed by atoms with van der Waals surface area (Å²) in [7, 11) is 0. The Morgan fingerprint density at radius 1 is 1.22 bits per heavy atom. The second-order valence-corrected chi connectivity index (χ2v) is 7.20. The summed E-state index contributed by atoms with van der Waals surface area (Å²) in [6.45, 7) is 1.34. The van der Waals surface area contributed by atoms with Gasteiger partial charge in [-0.3, -0.25) is 4.79 Å². The normalized spacial score (nSPS) is 11.1. The summed E-state index contributed by atoms with van der Waals surface area (Å²) in [6.07, 6.45) is 1.73. The molecule has 4 nitrogen and oxygen atoms in total. The number of allylic oxidation sites excluding steroid dienone is 1. The number of nitriles is 1. The van der Waals surface area contributed by atoms with Crippen molar-refractivity contribution in [1.82, 2.24) is 4.98 Å². The van der Waals surface area contributed by atoms with Crippen LogP contribution >= 0.6 is 34.5 Å². The Morgan fingerprint density at radius 3 is 2.59 bits per heavy atom. The summed E-state index contributed by atoms with van der Waals surface area (Å²) in [5.41, 5.74) is 2.66. The van der Waals surface area contributed by atoms with Crippen LogP contribution in [0.2, 0.25) is 10.0 Å². The van der Waals surface area contributed by atoms with Crippen LogP contribution in [0.15, 0.2) is 47.8 Å². The largest absolute Gasteiger partial charge is 0.427 e. The maximum atomic E-state index is 11.0. The molecule has 0 N–H and O–H groups in total. The van der Waals surface area contributed by atoms with Crippen LogP contribution in [0.25, 0.3) is 22.9 Å². The predicted octanol–water partition coefficient (Wildman–Crippen LogP) is 6.11. The fraction of sp³-hybridized carbons (Fsp3) is 0.0500. The average Bonchev–Trinajstić information content (AvgIpc) is 3.10. The Bertz CT molecular complexity index is 1070. The number of thiazole rings is 1. The first-order chi connectivity index (χ1) is 13.0. The van der Waals surface area contributed by atoms with Crippen molar-refractivity contribution in [2.24, 2.45) is 0 Å². The lowest BCUT2D eigenvalue weighted by atomic mass is 10.1. The van der Waals surface area contributed by atoms with Crippen molar-refractivity contribution in [2.45, 2.75) is 6.92 Å². The summed E-state index contributed by atoms with van der Waals surface area (Å²) < 4.78 is 5.00. The van der Waals surface area contributed by atoms with Gasteiger partial charge in [-0.15, -0.1) is 11.3 Å². The van der Waals surface area contributed by atoms with E-state index in [4.69, 9.17) is 27.9 Å². The topological polar surface area (TPSA) is 63.0 Å². The van der Waals surface area contributed by atoms with Crippen LogP contribution in [0.1, 0.15) is 17.5 Å². The molecule has 0 aliphatic carbocycles. The molecule has 0 unspecified atom stereocenters. The Balaban J connectivity index is 1.88. The van der Waals surface area contributed by atoms with Gasteiger partial charge >= 0.3 is 5.97 Å². The van der Waals surface area contributed by atoms with E-state index in [0.717, 1.165) is 11.1 Å². The molecule has 0 saturated carbocycles. The lowest BCUT2D eigenvalue weighted by molar-refractivity contribution is -0.131. The van der Waals surface area contributed by atoms with E-state index in [9.17, 15) is 10.1 Å². The lowest BCUT2D eigenvalue weighted by Crippen LogP contribution is -2.00. The zero-order valence-corrected chi connectivity index (χ0v) is 16.4. The maximum Gasteiger partial charge on any atom is 0.308 e. The molecule has 1 aromatic heterocycles. The third-order valence-electron chi connectivity index (χ3n) is 3.51. The van der Waals surface area contributed by atoms with Crippen LogP contribution in [0.3, 0.4) is 0 Å². The van der Waals surface area contributed by atoms with Gasteiger partial charge in [-0.05, 0) is 42.0 Å². The summed E-state index contributed by atoms with van der Waals surface area (Å²) in [5, 5.41) is 13.0. The van der Waals surface area contributed by atoms with Gasteiger partial charge in [0.15, 0.2) is 0 Å². The lowest BCUT2D eigenvalue weighted by Gasteiger charge is -2.02. The van der Waals surface area contributed by atoms with Gasteiger partial charge in [-0.25, -0.2) is 4.98 Å². The van der Waals surface area contributed by atoms with E-state index in [0.29, 0.717) is 32.1 Å². The van der Waals surface area contributed by atoms with E-state index in [2.05, 4.69) is 11.1 Å². The molecule has 3 rings (SSSR count). The highest BCUT2D eigenvalue weighted by Crippen LogP contribution is 2.33. The minimum Gasteiger partial charge on any atom is -0.427 e. The van der Waals surface area contributed by atoms with Crippen LogP contribution in [0, 0.1) is 11.3 Å². The van der Waals surface area contributed by atoms with Crippen LogP contribution in [-0.2, 0) is 4.79 Å². The highest BCUT2D eigenvalue weighted by atomic mass is 35.5. The predicted molar refractivity (Wildman–Crippen MR) is 109 cm³/mol. The molecule has 1 heterocycles. The molecule has 0 radical (unpaired) electrons. The summed E-state index contributed by atoms with van der Waals surface area (Å²) in [6, 6.07) is 14.2. The molecule has 0 atom stereocenters. The van der Waals surface area contributed by atoms with Crippen molar-refractivity contribution >= 4 is 52.2 Å². The van der Waals surface area contributed by atoms with Crippen LogP contribution in [0.4, 0.5) is 0 Å². The number of nitrogens with zero attached hydrogens (tertiary/aromatic N) is 2. The van der Waals surface area contributed by atoms with Crippen LogP contribution < -0.4 is 4.74 Å². The molecular formula is C20H12Cl2N2O2S. The monoisotopic (exact) mass is 414 g/mol. The highest BCUT2D eigenvalue weighted by Gasteiger charge is 2.12. The Kier molecular flexibility index (Phi) is 5.92. The standard InChI is InChI=1S/C20H12Cl2N2O2S/c1-12(25)26-16-5-2-13(3-6-16)8-14(10-23)20-24-19(11-27-20)17-7-4-15(21)9-18(17)22/h2-9,11H,1H3. The fourth-order valence-electron chi connectivity index (χ4n) is 2.32. The molecular weight excluding hydrogens is 403 g/mol. The minimum absolute atomic E-state index is 0.382. The van der Waals surface area contributed by atoms with Gasteiger partial charge in [0.25, 0.3) is 0 Å². The highest BCUT2D eigenvalue weighted by molar-refractivity contribution is 7.11. The number of hydrogen-bond donors (Lipinski definition) is 0. The quantitative estimate of drug-likeness (QED) is 0.293. The van der Waals surface area contributed by atoms with Crippen molar-refractivity contribution < 1.29 is 9.53 Å². The molecule has 27 heavy (non-hydrogen) atoms. The number of ether oxygens (including phenoxy) is 1. The van der Waals surface area contributed by atoms with Gasteiger partial charge in [-0.1, -0.05) is 35.3 Å². The summed E-state index contributed by atoms with van der Waals surface area (Å²) >= 11 is 13.5. The number of esters is 1.